The van der Waals surface area contributed by atoms with Gasteiger partial charge in [0, 0.05) is 12.1 Å². The lowest BCUT2D eigenvalue weighted by Crippen LogP contribution is -2.38. The minimum absolute atomic E-state index is 0.0427. The van der Waals surface area contributed by atoms with Crippen LogP contribution in [0.25, 0.3) is 0 Å². The molecule has 0 heterocycles. The van der Waals surface area contributed by atoms with Crippen LogP contribution >= 0.6 is 15.9 Å². The highest BCUT2D eigenvalue weighted by Crippen LogP contribution is 2.32. The molecule has 4 N–H and O–H groups in total. The molecule has 1 aromatic carbocycles. The molecule has 21 heavy (non-hydrogen) atoms. The number of phenolic OH excluding ortho intramolecular Hbond substituents is 1. The van der Waals surface area contributed by atoms with E-state index >= 15 is 0 Å². The Hall–Kier alpha value is -1.31. The van der Waals surface area contributed by atoms with E-state index < -0.39 is 23.9 Å². The van der Waals surface area contributed by atoms with E-state index in [2.05, 4.69) is 21.2 Å². The van der Waals surface area contributed by atoms with Gasteiger partial charge in [0.1, 0.15) is 23.6 Å². The van der Waals surface area contributed by atoms with Gasteiger partial charge in [-0.1, -0.05) is 12.1 Å². The number of benzene rings is 1. The van der Waals surface area contributed by atoms with Crippen molar-refractivity contribution in [1.29, 1.82) is 0 Å². The van der Waals surface area contributed by atoms with E-state index in [1.165, 1.54) is 6.07 Å². The summed E-state index contributed by atoms with van der Waals surface area (Å²) in [6, 6.07) is 4.56. The molecule has 1 rings (SSSR count). The van der Waals surface area contributed by atoms with Gasteiger partial charge in [-0.2, -0.15) is 0 Å². The molecule has 0 aliphatic rings. The number of carbonyl (C=O) groups excluding carboxylic acids is 1. The van der Waals surface area contributed by atoms with E-state index in [1.54, 1.807) is 32.9 Å². The Kier molecular flexibility index (Phi) is 6.00. The van der Waals surface area contributed by atoms with Crippen molar-refractivity contribution in [3.05, 3.63) is 28.2 Å². The zero-order valence-electron chi connectivity index (χ0n) is 12.1. The van der Waals surface area contributed by atoms with Crippen molar-refractivity contribution in [3.63, 3.8) is 0 Å². The van der Waals surface area contributed by atoms with Gasteiger partial charge in [0.25, 0.3) is 0 Å². The van der Waals surface area contributed by atoms with Gasteiger partial charge in [0.05, 0.1) is 4.47 Å². The molecule has 0 spiro atoms. The number of alkyl carbamates (subject to hydrolysis) is 1. The zero-order chi connectivity index (χ0) is 16.2. The molecule has 0 aliphatic heterocycles. The summed E-state index contributed by atoms with van der Waals surface area (Å²) in [5, 5.41) is 31.9. The third-order valence-corrected chi connectivity index (χ3v) is 3.41. The van der Waals surface area contributed by atoms with E-state index in [9.17, 15) is 20.1 Å². The number of aliphatic hydroxyl groups is 2. The molecule has 0 saturated carbocycles. The van der Waals surface area contributed by atoms with Crippen LogP contribution < -0.4 is 5.32 Å². The lowest BCUT2D eigenvalue weighted by Gasteiger charge is -2.22. The largest absolute Gasteiger partial charge is 0.507 e. The van der Waals surface area contributed by atoms with E-state index in [0.717, 1.165) is 0 Å². The van der Waals surface area contributed by atoms with Crippen LogP contribution in [0.5, 0.6) is 5.75 Å². The summed E-state index contributed by atoms with van der Waals surface area (Å²) < 4.78 is 5.32. The minimum Gasteiger partial charge on any atom is -0.507 e. The van der Waals surface area contributed by atoms with Crippen LogP contribution in [0.3, 0.4) is 0 Å². The topological polar surface area (TPSA) is 99.0 Å². The number of hydrogen-bond donors (Lipinski definition) is 4. The molecule has 7 heteroatoms. The van der Waals surface area contributed by atoms with E-state index in [-0.39, 0.29) is 12.3 Å². The van der Waals surface area contributed by atoms with Crippen LogP contribution in [0.1, 0.15) is 32.4 Å². The first-order valence-corrected chi connectivity index (χ1v) is 7.21. The first kappa shape index (κ1) is 17.7. The van der Waals surface area contributed by atoms with Gasteiger partial charge >= 0.3 is 6.09 Å². The van der Waals surface area contributed by atoms with Crippen molar-refractivity contribution in [2.75, 3.05) is 6.54 Å². The number of nitrogens with one attached hydrogen (secondary N) is 1. The second kappa shape index (κ2) is 7.11. The Morgan fingerprint density at radius 3 is 2.57 bits per heavy atom. The Balaban J connectivity index is 2.61. The number of rotatable bonds is 4. The van der Waals surface area contributed by atoms with Gasteiger partial charge in [0.2, 0.25) is 0 Å². The SMILES string of the molecule is CC(C)(C)OC(=O)NCC(O)C(O)c1cccc(O)c1Br. The highest BCUT2D eigenvalue weighted by Gasteiger charge is 2.23. The van der Waals surface area contributed by atoms with Crippen molar-refractivity contribution >= 4 is 22.0 Å². The fourth-order valence-electron chi connectivity index (χ4n) is 1.59. The third-order valence-electron chi connectivity index (χ3n) is 2.55. The summed E-state index contributed by atoms with van der Waals surface area (Å²) in [6.45, 7) is 4.99. The number of phenols is 1. The van der Waals surface area contributed by atoms with Gasteiger partial charge in [-0.25, -0.2) is 4.79 Å². The average molecular weight is 362 g/mol. The normalized spacial score (nSPS) is 14.4. The van der Waals surface area contributed by atoms with Crippen LogP contribution in [-0.4, -0.2) is 39.7 Å². The van der Waals surface area contributed by atoms with Crippen LogP contribution in [0.2, 0.25) is 0 Å². The molecule has 0 aromatic heterocycles. The third kappa shape index (κ3) is 5.53. The van der Waals surface area contributed by atoms with Crippen molar-refractivity contribution in [2.24, 2.45) is 0 Å². The van der Waals surface area contributed by atoms with Crippen molar-refractivity contribution in [1.82, 2.24) is 5.32 Å². The monoisotopic (exact) mass is 361 g/mol. The molecule has 0 bridgehead atoms. The number of ether oxygens (including phenoxy) is 1. The summed E-state index contributed by atoms with van der Waals surface area (Å²) >= 11 is 3.14. The Morgan fingerprint density at radius 2 is 2.00 bits per heavy atom. The minimum atomic E-state index is -1.26. The number of halogens is 1. The van der Waals surface area contributed by atoms with Crippen LogP contribution in [0, 0.1) is 0 Å². The Morgan fingerprint density at radius 1 is 1.38 bits per heavy atom. The number of aromatic hydroxyl groups is 1. The van der Waals surface area contributed by atoms with Crippen molar-refractivity contribution in [3.8, 4) is 5.75 Å². The predicted molar refractivity (Wildman–Crippen MR) is 81.0 cm³/mol. The first-order chi connectivity index (χ1) is 9.61. The number of carbonyl (C=O) groups is 1. The van der Waals surface area contributed by atoms with Gasteiger partial charge in [-0.15, -0.1) is 0 Å². The fraction of sp³-hybridized carbons (Fsp3) is 0.500. The molecule has 0 saturated heterocycles. The van der Waals surface area contributed by atoms with E-state index in [4.69, 9.17) is 4.74 Å². The summed E-state index contributed by atoms with van der Waals surface area (Å²) in [5.74, 6) is -0.0427. The molecule has 2 unspecified atom stereocenters. The number of aliphatic hydroxyl groups excluding tert-OH is 2. The second-order valence-corrected chi connectivity index (χ2v) is 6.37. The van der Waals surface area contributed by atoms with Crippen LogP contribution in [-0.2, 0) is 4.74 Å². The second-order valence-electron chi connectivity index (χ2n) is 5.58. The maximum absolute atomic E-state index is 11.5. The Labute approximate surface area is 131 Å². The smallest absolute Gasteiger partial charge is 0.407 e. The van der Waals surface area contributed by atoms with Gasteiger partial charge < -0.3 is 25.4 Å². The standard InChI is InChI=1S/C14H20BrNO5/c1-14(2,3)21-13(20)16-7-10(18)12(19)8-5-4-6-9(17)11(8)15/h4-6,10,12,17-19H,7H2,1-3H3,(H,16,20). The zero-order valence-corrected chi connectivity index (χ0v) is 13.7. The number of amides is 1. The molecule has 1 amide bonds. The highest BCUT2D eigenvalue weighted by molar-refractivity contribution is 9.10. The highest BCUT2D eigenvalue weighted by atomic mass is 79.9. The Bertz CT molecular complexity index is 501. The van der Waals surface area contributed by atoms with Gasteiger partial charge in [0.15, 0.2) is 0 Å². The summed E-state index contributed by atoms with van der Waals surface area (Å²) in [6.07, 6.45) is -3.18. The summed E-state index contributed by atoms with van der Waals surface area (Å²) in [7, 11) is 0. The summed E-state index contributed by atoms with van der Waals surface area (Å²) in [5.41, 5.74) is -0.310. The fourth-order valence-corrected chi connectivity index (χ4v) is 2.09. The molecule has 2 atom stereocenters. The van der Waals surface area contributed by atoms with E-state index in [0.29, 0.717) is 10.0 Å². The molecule has 6 nitrogen and oxygen atoms in total. The lowest BCUT2D eigenvalue weighted by molar-refractivity contribution is 0.0125. The maximum Gasteiger partial charge on any atom is 0.407 e. The molecule has 118 valence electrons. The summed E-state index contributed by atoms with van der Waals surface area (Å²) in [4.78, 5) is 11.5. The number of hydrogen-bond acceptors (Lipinski definition) is 5. The quantitative estimate of drug-likeness (QED) is 0.657. The van der Waals surface area contributed by atoms with E-state index in [1.807, 2.05) is 0 Å². The van der Waals surface area contributed by atoms with Gasteiger partial charge in [-0.05, 0) is 42.8 Å². The van der Waals surface area contributed by atoms with Crippen molar-refractivity contribution in [2.45, 2.75) is 38.6 Å². The van der Waals surface area contributed by atoms with Gasteiger partial charge in [-0.3, -0.25) is 0 Å². The lowest BCUT2D eigenvalue weighted by atomic mass is 10.0. The maximum atomic E-state index is 11.5. The molecular weight excluding hydrogens is 342 g/mol. The van der Waals surface area contributed by atoms with Crippen LogP contribution in [0.4, 0.5) is 4.79 Å². The molecule has 0 aliphatic carbocycles. The average Bonchev–Trinajstić information content (AvgIpc) is 2.36. The molecule has 0 fully saturated rings. The first-order valence-electron chi connectivity index (χ1n) is 6.42. The molecule has 0 radical (unpaired) electrons. The molecule has 1 aromatic rings. The predicted octanol–water partition coefficient (Wildman–Crippen LogP) is 2.07. The van der Waals surface area contributed by atoms with Crippen molar-refractivity contribution < 1.29 is 24.9 Å². The van der Waals surface area contributed by atoms with Crippen LogP contribution in [0.15, 0.2) is 22.7 Å². The molecular formula is C14H20BrNO5.